The molecule has 0 unspecified atom stereocenters. The van der Waals surface area contributed by atoms with Gasteiger partial charge in [0, 0.05) is 6.20 Å². The van der Waals surface area contributed by atoms with Crippen LogP contribution in [0.5, 0.6) is 0 Å². The minimum atomic E-state index is -0.336. The zero-order valence-electron chi connectivity index (χ0n) is 7.07. The number of nitrogen functional groups attached to an aromatic ring is 1. The van der Waals surface area contributed by atoms with Gasteiger partial charge in [-0.2, -0.15) is 5.10 Å². The molecule has 0 bridgehead atoms. The van der Waals surface area contributed by atoms with Crippen molar-refractivity contribution in [3.8, 4) is 0 Å². The lowest BCUT2D eigenvalue weighted by Crippen LogP contribution is -2.11. The summed E-state index contributed by atoms with van der Waals surface area (Å²) < 4.78 is 5.92. The molecule has 0 aliphatic rings. The van der Waals surface area contributed by atoms with Crippen molar-refractivity contribution in [1.82, 2.24) is 9.78 Å². The molecule has 0 radical (unpaired) electrons. The van der Waals surface area contributed by atoms with E-state index in [1.165, 1.54) is 11.8 Å². The van der Waals surface area contributed by atoms with Crippen molar-refractivity contribution in [3.63, 3.8) is 0 Å². The molecular formula is C7H11N3O2. The van der Waals surface area contributed by atoms with Crippen LogP contribution in [0.2, 0.25) is 0 Å². The van der Waals surface area contributed by atoms with Crippen LogP contribution in [-0.2, 0) is 16.1 Å². The van der Waals surface area contributed by atoms with E-state index in [2.05, 4.69) is 9.84 Å². The molecule has 1 aromatic rings. The first kappa shape index (κ1) is 8.58. The van der Waals surface area contributed by atoms with Crippen LogP contribution in [0.15, 0.2) is 6.20 Å². The van der Waals surface area contributed by atoms with Crippen LogP contribution in [0.25, 0.3) is 0 Å². The molecule has 0 saturated carbocycles. The maximum absolute atomic E-state index is 10.8. The predicted octanol–water partition coefficient (Wildman–Crippen LogP) is -0.0533. The summed E-state index contributed by atoms with van der Waals surface area (Å²) in [6.07, 6.45) is 1.60. The minimum Gasteiger partial charge on any atom is -0.468 e. The first-order valence-corrected chi connectivity index (χ1v) is 3.50. The summed E-state index contributed by atoms with van der Waals surface area (Å²) in [6, 6.07) is 0. The first-order valence-electron chi connectivity index (χ1n) is 3.50. The molecule has 0 aliphatic heterocycles. The molecule has 0 aromatic carbocycles. The Morgan fingerprint density at radius 1 is 1.83 bits per heavy atom. The standard InChI is InChI=1S/C7H11N3O2/c1-5-6(8)3-10(9-5)4-7(11)12-2/h3H,4,8H2,1-2H3. The van der Waals surface area contributed by atoms with Crippen molar-refractivity contribution >= 4 is 11.7 Å². The smallest absolute Gasteiger partial charge is 0.327 e. The van der Waals surface area contributed by atoms with Crippen LogP contribution >= 0.6 is 0 Å². The van der Waals surface area contributed by atoms with Crippen LogP contribution in [0, 0.1) is 6.92 Å². The molecule has 1 aromatic heterocycles. The van der Waals surface area contributed by atoms with Crippen molar-refractivity contribution in [2.45, 2.75) is 13.5 Å². The van der Waals surface area contributed by atoms with Gasteiger partial charge in [-0.25, -0.2) is 0 Å². The third-order valence-corrected chi connectivity index (χ3v) is 1.50. The number of hydrogen-bond donors (Lipinski definition) is 1. The van der Waals surface area contributed by atoms with E-state index in [1.54, 1.807) is 13.1 Å². The Balaban J connectivity index is 2.70. The summed E-state index contributed by atoms with van der Waals surface area (Å²) in [5.41, 5.74) is 6.83. The Hall–Kier alpha value is -1.52. The summed E-state index contributed by atoms with van der Waals surface area (Å²) in [7, 11) is 1.34. The molecule has 0 amide bonds. The summed E-state index contributed by atoms with van der Waals surface area (Å²) in [5.74, 6) is -0.336. The van der Waals surface area contributed by atoms with Gasteiger partial charge in [-0.1, -0.05) is 0 Å². The zero-order valence-corrected chi connectivity index (χ0v) is 7.07. The van der Waals surface area contributed by atoms with E-state index in [0.717, 1.165) is 5.69 Å². The quantitative estimate of drug-likeness (QED) is 0.630. The van der Waals surface area contributed by atoms with Gasteiger partial charge in [-0.3, -0.25) is 9.48 Å². The van der Waals surface area contributed by atoms with Gasteiger partial charge in [0.15, 0.2) is 0 Å². The van der Waals surface area contributed by atoms with Crippen LogP contribution in [0.4, 0.5) is 5.69 Å². The molecular weight excluding hydrogens is 158 g/mol. The van der Waals surface area contributed by atoms with E-state index in [9.17, 15) is 4.79 Å². The van der Waals surface area contributed by atoms with Crippen molar-refractivity contribution in [2.75, 3.05) is 12.8 Å². The van der Waals surface area contributed by atoms with Crippen molar-refractivity contribution in [2.24, 2.45) is 0 Å². The monoisotopic (exact) mass is 169 g/mol. The van der Waals surface area contributed by atoms with Gasteiger partial charge in [0.1, 0.15) is 6.54 Å². The topological polar surface area (TPSA) is 70.1 Å². The lowest BCUT2D eigenvalue weighted by Gasteiger charge is -1.97. The van der Waals surface area contributed by atoms with Gasteiger partial charge in [-0.15, -0.1) is 0 Å². The Morgan fingerprint density at radius 3 is 2.92 bits per heavy atom. The van der Waals surface area contributed by atoms with E-state index in [-0.39, 0.29) is 12.5 Å². The van der Waals surface area contributed by atoms with E-state index in [4.69, 9.17) is 5.73 Å². The van der Waals surface area contributed by atoms with Crippen molar-refractivity contribution < 1.29 is 9.53 Å². The zero-order chi connectivity index (χ0) is 9.14. The number of aryl methyl sites for hydroxylation is 1. The van der Waals surface area contributed by atoms with Gasteiger partial charge in [0.25, 0.3) is 0 Å². The molecule has 1 rings (SSSR count). The number of methoxy groups -OCH3 is 1. The maximum Gasteiger partial charge on any atom is 0.327 e. The SMILES string of the molecule is COC(=O)Cn1cc(N)c(C)n1. The van der Waals surface area contributed by atoms with Gasteiger partial charge in [0.05, 0.1) is 18.5 Å². The molecule has 0 aliphatic carbocycles. The average molecular weight is 169 g/mol. The van der Waals surface area contributed by atoms with E-state index < -0.39 is 0 Å². The lowest BCUT2D eigenvalue weighted by atomic mass is 10.4. The highest BCUT2D eigenvalue weighted by Gasteiger charge is 2.04. The van der Waals surface area contributed by atoms with Crippen LogP contribution in [-0.4, -0.2) is 22.9 Å². The van der Waals surface area contributed by atoms with Gasteiger partial charge in [-0.05, 0) is 6.92 Å². The fourth-order valence-electron chi connectivity index (χ4n) is 0.811. The van der Waals surface area contributed by atoms with E-state index in [1.807, 2.05) is 0 Å². The molecule has 66 valence electrons. The number of nitrogens with two attached hydrogens (primary N) is 1. The highest BCUT2D eigenvalue weighted by Crippen LogP contribution is 2.06. The lowest BCUT2D eigenvalue weighted by molar-refractivity contribution is -0.141. The van der Waals surface area contributed by atoms with E-state index in [0.29, 0.717) is 5.69 Å². The Morgan fingerprint density at radius 2 is 2.50 bits per heavy atom. The number of carbonyl (C=O) groups excluding carboxylic acids is 1. The molecule has 0 fully saturated rings. The first-order chi connectivity index (χ1) is 5.63. The summed E-state index contributed by atoms with van der Waals surface area (Å²) >= 11 is 0. The Labute approximate surface area is 70.1 Å². The fraction of sp³-hybridized carbons (Fsp3) is 0.429. The second kappa shape index (κ2) is 3.25. The number of rotatable bonds is 2. The van der Waals surface area contributed by atoms with E-state index >= 15 is 0 Å². The Kier molecular flexibility index (Phi) is 2.32. The van der Waals surface area contributed by atoms with Gasteiger partial charge < -0.3 is 10.5 Å². The number of ether oxygens (including phenoxy) is 1. The molecule has 1 heterocycles. The highest BCUT2D eigenvalue weighted by atomic mass is 16.5. The normalized spacial score (nSPS) is 9.83. The molecule has 0 saturated heterocycles. The number of carbonyl (C=O) groups is 1. The van der Waals surface area contributed by atoms with Gasteiger partial charge in [0.2, 0.25) is 0 Å². The third-order valence-electron chi connectivity index (χ3n) is 1.50. The maximum atomic E-state index is 10.8. The number of nitrogens with zero attached hydrogens (tertiary/aromatic N) is 2. The third kappa shape index (κ3) is 1.75. The molecule has 5 heteroatoms. The van der Waals surface area contributed by atoms with Crippen LogP contribution in [0.1, 0.15) is 5.69 Å². The summed E-state index contributed by atoms with van der Waals surface area (Å²) in [6.45, 7) is 1.89. The number of aromatic nitrogens is 2. The Bertz CT molecular complexity index is 273. The fourth-order valence-corrected chi connectivity index (χ4v) is 0.811. The van der Waals surface area contributed by atoms with Gasteiger partial charge >= 0.3 is 5.97 Å². The summed E-state index contributed by atoms with van der Waals surface area (Å²) in [4.78, 5) is 10.8. The summed E-state index contributed by atoms with van der Waals surface area (Å²) in [5, 5.41) is 3.99. The predicted molar refractivity (Wildman–Crippen MR) is 43.4 cm³/mol. The van der Waals surface area contributed by atoms with Crippen molar-refractivity contribution in [1.29, 1.82) is 0 Å². The second-order valence-corrected chi connectivity index (χ2v) is 2.44. The van der Waals surface area contributed by atoms with Crippen LogP contribution < -0.4 is 5.73 Å². The highest BCUT2D eigenvalue weighted by molar-refractivity contribution is 5.69. The number of anilines is 1. The van der Waals surface area contributed by atoms with Crippen LogP contribution in [0.3, 0.4) is 0 Å². The largest absolute Gasteiger partial charge is 0.468 e. The van der Waals surface area contributed by atoms with Crippen molar-refractivity contribution in [3.05, 3.63) is 11.9 Å². The second-order valence-electron chi connectivity index (χ2n) is 2.44. The molecule has 0 atom stereocenters. The average Bonchev–Trinajstić information content (AvgIpc) is 2.31. The molecule has 12 heavy (non-hydrogen) atoms. The number of esters is 1. The molecule has 2 N–H and O–H groups in total. The molecule has 5 nitrogen and oxygen atoms in total. The minimum absolute atomic E-state index is 0.106. The number of hydrogen-bond acceptors (Lipinski definition) is 4. The molecule has 0 spiro atoms.